The molecule has 5 heteroatoms. The SMILES string of the molecule is Cc1cccc([C@H]2C[C@@H](c3ccc(F)cc3)Nc3ncnn32)c1. The van der Waals surface area contributed by atoms with Crippen molar-refractivity contribution in [1.82, 2.24) is 14.8 Å². The molecule has 1 aliphatic heterocycles. The second kappa shape index (κ2) is 5.50. The first kappa shape index (κ1) is 13.9. The first-order valence-electron chi connectivity index (χ1n) is 7.69. The quantitative estimate of drug-likeness (QED) is 0.781. The van der Waals surface area contributed by atoms with E-state index in [-0.39, 0.29) is 17.9 Å². The fourth-order valence-corrected chi connectivity index (χ4v) is 3.19. The van der Waals surface area contributed by atoms with Crippen LogP contribution in [0.4, 0.5) is 10.3 Å². The van der Waals surface area contributed by atoms with Gasteiger partial charge in [0.05, 0.1) is 12.1 Å². The number of nitrogens with one attached hydrogen (secondary N) is 1. The van der Waals surface area contributed by atoms with Crippen molar-refractivity contribution in [1.29, 1.82) is 0 Å². The minimum absolute atomic E-state index is 0.0813. The molecular weight excluding hydrogens is 291 g/mol. The minimum atomic E-state index is -0.219. The average Bonchev–Trinajstić information content (AvgIpc) is 3.03. The van der Waals surface area contributed by atoms with E-state index in [4.69, 9.17) is 0 Å². The van der Waals surface area contributed by atoms with Gasteiger partial charge in [-0.15, -0.1) is 0 Å². The third-order valence-electron chi connectivity index (χ3n) is 4.33. The molecule has 1 aromatic heterocycles. The summed E-state index contributed by atoms with van der Waals surface area (Å²) in [6.07, 6.45) is 2.41. The van der Waals surface area contributed by atoms with Crippen LogP contribution in [0.3, 0.4) is 0 Å². The summed E-state index contributed by atoms with van der Waals surface area (Å²) in [6, 6.07) is 15.3. The van der Waals surface area contributed by atoms with Crippen LogP contribution in [0.2, 0.25) is 0 Å². The molecule has 2 heterocycles. The molecule has 0 spiro atoms. The zero-order chi connectivity index (χ0) is 15.8. The number of aromatic nitrogens is 3. The van der Waals surface area contributed by atoms with E-state index in [2.05, 4.69) is 46.6 Å². The molecule has 0 radical (unpaired) electrons. The van der Waals surface area contributed by atoms with Crippen LogP contribution in [-0.4, -0.2) is 14.8 Å². The third kappa shape index (κ3) is 2.59. The summed E-state index contributed by atoms with van der Waals surface area (Å²) in [6.45, 7) is 2.09. The number of fused-ring (bicyclic) bond motifs is 1. The Morgan fingerprint density at radius 1 is 1.13 bits per heavy atom. The largest absolute Gasteiger partial charge is 0.348 e. The Hall–Kier alpha value is -2.69. The van der Waals surface area contributed by atoms with Crippen LogP contribution < -0.4 is 5.32 Å². The first-order chi connectivity index (χ1) is 11.2. The Bertz CT molecular complexity index is 825. The smallest absolute Gasteiger partial charge is 0.222 e. The molecule has 1 aliphatic rings. The van der Waals surface area contributed by atoms with Crippen molar-refractivity contribution >= 4 is 5.95 Å². The van der Waals surface area contributed by atoms with Crippen LogP contribution in [0.5, 0.6) is 0 Å². The molecule has 0 saturated heterocycles. The van der Waals surface area contributed by atoms with Crippen molar-refractivity contribution in [3.63, 3.8) is 0 Å². The van der Waals surface area contributed by atoms with Gasteiger partial charge in [-0.05, 0) is 36.6 Å². The van der Waals surface area contributed by atoms with Crippen LogP contribution in [0.25, 0.3) is 0 Å². The summed E-state index contributed by atoms with van der Waals surface area (Å²) in [5, 5.41) is 7.76. The van der Waals surface area contributed by atoms with Gasteiger partial charge in [0.2, 0.25) is 5.95 Å². The lowest BCUT2D eigenvalue weighted by molar-refractivity contribution is 0.430. The van der Waals surface area contributed by atoms with Crippen LogP contribution in [-0.2, 0) is 0 Å². The van der Waals surface area contributed by atoms with Gasteiger partial charge in [-0.1, -0.05) is 42.0 Å². The van der Waals surface area contributed by atoms with E-state index >= 15 is 0 Å². The molecule has 1 N–H and O–H groups in total. The topological polar surface area (TPSA) is 42.7 Å². The highest BCUT2D eigenvalue weighted by Crippen LogP contribution is 2.37. The molecule has 2 aromatic carbocycles. The molecule has 0 amide bonds. The Balaban J connectivity index is 1.73. The fraction of sp³-hybridized carbons (Fsp3) is 0.222. The highest BCUT2D eigenvalue weighted by atomic mass is 19.1. The van der Waals surface area contributed by atoms with E-state index in [0.29, 0.717) is 0 Å². The van der Waals surface area contributed by atoms with E-state index in [1.807, 2.05) is 16.8 Å². The normalized spacial score (nSPS) is 19.9. The Labute approximate surface area is 134 Å². The maximum absolute atomic E-state index is 13.2. The van der Waals surface area contributed by atoms with Crippen molar-refractivity contribution in [3.05, 3.63) is 77.4 Å². The molecule has 116 valence electrons. The minimum Gasteiger partial charge on any atom is -0.348 e. The van der Waals surface area contributed by atoms with Crippen LogP contribution in [0.1, 0.15) is 35.2 Å². The highest BCUT2D eigenvalue weighted by molar-refractivity contribution is 5.38. The zero-order valence-corrected chi connectivity index (χ0v) is 12.8. The standard InChI is InChI=1S/C18H17FN4/c1-12-3-2-4-14(9-12)17-10-16(13-5-7-15(19)8-6-13)22-18-20-11-21-23(17)18/h2-9,11,16-17H,10H2,1H3,(H,20,21,22)/t16-,17+/m0/s1. The van der Waals surface area contributed by atoms with E-state index in [1.165, 1.54) is 23.3 Å². The first-order valence-corrected chi connectivity index (χ1v) is 7.69. The summed E-state index contributed by atoms with van der Waals surface area (Å²) in [5.41, 5.74) is 3.49. The predicted molar refractivity (Wildman–Crippen MR) is 86.7 cm³/mol. The molecule has 0 saturated carbocycles. The Kier molecular flexibility index (Phi) is 3.33. The van der Waals surface area contributed by atoms with Crippen molar-refractivity contribution in [2.45, 2.75) is 25.4 Å². The van der Waals surface area contributed by atoms with Crippen molar-refractivity contribution in [2.75, 3.05) is 5.32 Å². The second-order valence-corrected chi connectivity index (χ2v) is 5.94. The van der Waals surface area contributed by atoms with Crippen molar-refractivity contribution < 1.29 is 4.39 Å². The number of hydrogen-bond acceptors (Lipinski definition) is 3. The molecule has 4 nitrogen and oxygen atoms in total. The number of anilines is 1. The van der Waals surface area contributed by atoms with E-state index in [0.717, 1.165) is 17.9 Å². The van der Waals surface area contributed by atoms with Crippen molar-refractivity contribution in [2.24, 2.45) is 0 Å². The molecule has 23 heavy (non-hydrogen) atoms. The molecular formula is C18H17FN4. The number of benzene rings is 2. The maximum atomic E-state index is 13.2. The summed E-state index contributed by atoms with van der Waals surface area (Å²) >= 11 is 0. The van der Waals surface area contributed by atoms with E-state index in [1.54, 1.807) is 6.33 Å². The van der Waals surface area contributed by atoms with Gasteiger partial charge in [-0.2, -0.15) is 10.1 Å². The average molecular weight is 308 g/mol. The molecule has 2 atom stereocenters. The number of aryl methyl sites for hydroxylation is 1. The number of hydrogen-bond donors (Lipinski definition) is 1. The third-order valence-corrected chi connectivity index (χ3v) is 4.33. The molecule has 0 aliphatic carbocycles. The molecule has 0 bridgehead atoms. The summed E-state index contributed by atoms with van der Waals surface area (Å²) in [7, 11) is 0. The molecule has 3 aromatic rings. The monoisotopic (exact) mass is 308 g/mol. The van der Waals surface area contributed by atoms with Gasteiger partial charge in [0.1, 0.15) is 12.1 Å². The van der Waals surface area contributed by atoms with E-state index < -0.39 is 0 Å². The second-order valence-electron chi connectivity index (χ2n) is 5.94. The van der Waals surface area contributed by atoms with Crippen molar-refractivity contribution in [3.8, 4) is 0 Å². The zero-order valence-electron chi connectivity index (χ0n) is 12.8. The Morgan fingerprint density at radius 3 is 2.74 bits per heavy atom. The number of rotatable bonds is 2. The van der Waals surface area contributed by atoms with Gasteiger partial charge in [0.25, 0.3) is 0 Å². The fourth-order valence-electron chi connectivity index (χ4n) is 3.19. The summed E-state index contributed by atoms with van der Waals surface area (Å²) < 4.78 is 15.1. The van der Waals surface area contributed by atoms with Gasteiger partial charge >= 0.3 is 0 Å². The lowest BCUT2D eigenvalue weighted by Gasteiger charge is -2.32. The van der Waals surface area contributed by atoms with Gasteiger partial charge < -0.3 is 5.32 Å². The van der Waals surface area contributed by atoms with Gasteiger partial charge in [-0.3, -0.25) is 0 Å². The predicted octanol–water partition coefficient (Wildman–Crippen LogP) is 3.87. The lowest BCUT2D eigenvalue weighted by Crippen LogP contribution is -2.28. The summed E-state index contributed by atoms with van der Waals surface area (Å²) in [4.78, 5) is 4.31. The van der Waals surface area contributed by atoms with Crippen LogP contribution in [0, 0.1) is 12.7 Å². The molecule has 4 rings (SSSR count). The molecule has 0 fully saturated rings. The number of halogens is 1. The number of nitrogens with zero attached hydrogens (tertiary/aromatic N) is 3. The maximum Gasteiger partial charge on any atom is 0.222 e. The highest BCUT2D eigenvalue weighted by Gasteiger charge is 2.29. The lowest BCUT2D eigenvalue weighted by atomic mass is 9.93. The Morgan fingerprint density at radius 2 is 1.96 bits per heavy atom. The van der Waals surface area contributed by atoms with Gasteiger partial charge in [0.15, 0.2) is 0 Å². The van der Waals surface area contributed by atoms with Crippen LogP contribution >= 0.6 is 0 Å². The van der Waals surface area contributed by atoms with Gasteiger partial charge in [0, 0.05) is 0 Å². The van der Waals surface area contributed by atoms with E-state index in [9.17, 15) is 4.39 Å². The molecule has 0 unspecified atom stereocenters. The van der Waals surface area contributed by atoms with Crippen LogP contribution in [0.15, 0.2) is 54.9 Å². The summed E-state index contributed by atoms with van der Waals surface area (Å²) in [5.74, 6) is 0.528. The van der Waals surface area contributed by atoms with Gasteiger partial charge in [-0.25, -0.2) is 9.07 Å².